The van der Waals surface area contributed by atoms with Crippen LogP contribution in [0.2, 0.25) is 0 Å². The Kier molecular flexibility index (Phi) is 15.2. The van der Waals surface area contributed by atoms with E-state index < -0.39 is 5.97 Å². The second kappa shape index (κ2) is 15.7. The first-order valence-corrected chi connectivity index (χ1v) is 7.87. The van der Waals surface area contributed by atoms with E-state index in [-0.39, 0.29) is 19.1 Å². The Morgan fingerprint density at radius 1 is 1.00 bits per heavy atom. The lowest BCUT2D eigenvalue weighted by Crippen LogP contribution is -2.27. The number of aliphatic carboxylic acids is 1. The lowest BCUT2D eigenvalue weighted by Gasteiger charge is -2.12. The number of carboxylic acid groups (broad SMARTS) is 1. The van der Waals surface area contributed by atoms with Crippen molar-refractivity contribution in [3.05, 3.63) is 0 Å². The van der Waals surface area contributed by atoms with Crippen molar-refractivity contribution in [2.45, 2.75) is 51.5 Å². The molecule has 0 saturated heterocycles. The minimum absolute atomic E-state index is 0.0270. The fraction of sp³-hybridized carbons (Fsp3) is 0.933. The summed E-state index contributed by atoms with van der Waals surface area (Å²) in [5.41, 5.74) is 5.94. The van der Waals surface area contributed by atoms with Gasteiger partial charge in [-0.2, -0.15) is 0 Å². The molecule has 6 heteroatoms. The molecule has 0 radical (unpaired) electrons. The molecule has 6 nitrogen and oxygen atoms in total. The van der Waals surface area contributed by atoms with Gasteiger partial charge >= 0.3 is 5.97 Å². The van der Waals surface area contributed by atoms with E-state index in [1.165, 1.54) is 25.7 Å². The van der Waals surface area contributed by atoms with E-state index in [9.17, 15) is 4.79 Å². The van der Waals surface area contributed by atoms with Crippen molar-refractivity contribution in [1.82, 2.24) is 0 Å². The molecule has 21 heavy (non-hydrogen) atoms. The lowest BCUT2D eigenvalue weighted by molar-refractivity contribution is -0.138. The van der Waals surface area contributed by atoms with Gasteiger partial charge in [-0.05, 0) is 6.42 Å². The number of carboxylic acids is 1. The van der Waals surface area contributed by atoms with Crippen LogP contribution in [0.25, 0.3) is 0 Å². The largest absolute Gasteiger partial charge is 0.481 e. The topological polar surface area (TPSA) is 91.0 Å². The number of nitrogens with two attached hydrogens (primary N) is 1. The van der Waals surface area contributed by atoms with Crippen molar-refractivity contribution in [2.75, 3.05) is 39.6 Å². The summed E-state index contributed by atoms with van der Waals surface area (Å²) in [6, 6.07) is 0.112. The standard InChI is InChI=1S/C15H31NO5/c1-2-3-4-5-6-14(16)13-21-12-11-20-10-9-19-8-7-15(17)18/h14H,2-13,16H2,1H3,(H,17,18). The Balaban J connectivity index is 3.12. The summed E-state index contributed by atoms with van der Waals surface area (Å²) in [6.45, 7) is 4.88. The molecule has 0 aromatic carbocycles. The van der Waals surface area contributed by atoms with Crippen molar-refractivity contribution in [3.63, 3.8) is 0 Å². The molecule has 0 aliphatic rings. The Morgan fingerprint density at radius 3 is 2.24 bits per heavy atom. The molecule has 0 bridgehead atoms. The van der Waals surface area contributed by atoms with E-state index in [4.69, 9.17) is 25.1 Å². The molecular formula is C15H31NO5. The minimum atomic E-state index is -0.852. The van der Waals surface area contributed by atoms with E-state index in [0.717, 1.165) is 6.42 Å². The summed E-state index contributed by atoms with van der Waals surface area (Å²) in [4.78, 5) is 10.2. The number of rotatable bonds is 16. The summed E-state index contributed by atoms with van der Waals surface area (Å²) >= 11 is 0. The van der Waals surface area contributed by atoms with Crippen molar-refractivity contribution < 1.29 is 24.1 Å². The van der Waals surface area contributed by atoms with Gasteiger partial charge in [0.1, 0.15) is 0 Å². The second-order valence-electron chi connectivity index (χ2n) is 5.05. The van der Waals surface area contributed by atoms with Gasteiger partial charge in [-0.1, -0.05) is 32.6 Å². The second-order valence-corrected chi connectivity index (χ2v) is 5.05. The van der Waals surface area contributed by atoms with Crippen LogP contribution in [0.3, 0.4) is 0 Å². The normalized spacial score (nSPS) is 12.5. The number of unbranched alkanes of at least 4 members (excludes halogenated alkanes) is 3. The van der Waals surface area contributed by atoms with Crippen LogP contribution in [0.1, 0.15) is 45.4 Å². The molecule has 0 fully saturated rings. The molecule has 3 N–H and O–H groups in total. The zero-order chi connectivity index (χ0) is 15.8. The lowest BCUT2D eigenvalue weighted by atomic mass is 10.1. The Hall–Kier alpha value is -0.690. The van der Waals surface area contributed by atoms with Crippen LogP contribution in [0.15, 0.2) is 0 Å². The fourth-order valence-corrected chi connectivity index (χ4v) is 1.75. The quantitative estimate of drug-likeness (QED) is 0.423. The third-order valence-electron chi connectivity index (χ3n) is 2.96. The monoisotopic (exact) mass is 305 g/mol. The van der Waals surface area contributed by atoms with Gasteiger partial charge in [0.25, 0.3) is 0 Å². The van der Waals surface area contributed by atoms with Gasteiger partial charge in [-0.15, -0.1) is 0 Å². The summed E-state index contributed by atoms with van der Waals surface area (Å²) in [6.07, 6.45) is 5.97. The van der Waals surface area contributed by atoms with Crippen LogP contribution >= 0.6 is 0 Å². The summed E-state index contributed by atoms with van der Waals surface area (Å²) in [5, 5.41) is 8.40. The molecular weight excluding hydrogens is 274 g/mol. The molecule has 126 valence electrons. The molecule has 0 amide bonds. The van der Waals surface area contributed by atoms with Gasteiger partial charge < -0.3 is 25.1 Å². The molecule has 0 heterocycles. The Morgan fingerprint density at radius 2 is 1.62 bits per heavy atom. The van der Waals surface area contributed by atoms with Crippen molar-refractivity contribution in [1.29, 1.82) is 0 Å². The summed E-state index contributed by atoms with van der Waals surface area (Å²) in [5.74, 6) is -0.852. The summed E-state index contributed by atoms with van der Waals surface area (Å²) < 4.78 is 15.8. The fourth-order valence-electron chi connectivity index (χ4n) is 1.75. The van der Waals surface area contributed by atoms with E-state index in [1.54, 1.807) is 0 Å². The van der Waals surface area contributed by atoms with Crippen molar-refractivity contribution >= 4 is 5.97 Å². The highest BCUT2D eigenvalue weighted by atomic mass is 16.5. The van der Waals surface area contributed by atoms with Crippen LogP contribution < -0.4 is 5.73 Å². The molecule has 0 rings (SSSR count). The maximum Gasteiger partial charge on any atom is 0.305 e. The molecule has 0 aliphatic carbocycles. The number of carbonyl (C=O) groups is 1. The van der Waals surface area contributed by atoms with E-state index >= 15 is 0 Å². The SMILES string of the molecule is CCCCCCC(N)COCCOCCOCCC(=O)O. The average Bonchev–Trinajstić information content (AvgIpc) is 2.45. The first-order valence-electron chi connectivity index (χ1n) is 7.87. The highest BCUT2D eigenvalue weighted by Gasteiger charge is 2.02. The maximum atomic E-state index is 10.2. The van der Waals surface area contributed by atoms with E-state index in [1.807, 2.05) is 0 Å². The maximum absolute atomic E-state index is 10.2. The molecule has 0 spiro atoms. The van der Waals surface area contributed by atoms with Gasteiger partial charge in [0.2, 0.25) is 0 Å². The van der Waals surface area contributed by atoms with Crippen molar-refractivity contribution in [2.24, 2.45) is 5.73 Å². The van der Waals surface area contributed by atoms with Crippen LogP contribution in [0.5, 0.6) is 0 Å². The number of ether oxygens (including phenoxy) is 3. The number of hydrogen-bond acceptors (Lipinski definition) is 5. The average molecular weight is 305 g/mol. The van der Waals surface area contributed by atoms with E-state index in [2.05, 4.69) is 6.92 Å². The third-order valence-corrected chi connectivity index (χ3v) is 2.96. The van der Waals surface area contributed by atoms with Gasteiger partial charge in [0, 0.05) is 6.04 Å². The first-order chi connectivity index (χ1) is 10.2. The third kappa shape index (κ3) is 17.3. The summed E-state index contributed by atoms with van der Waals surface area (Å²) in [7, 11) is 0. The molecule has 0 aliphatic heterocycles. The van der Waals surface area contributed by atoms with Crippen LogP contribution in [0, 0.1) is 0 Å². The smallest absolute Gasteiger partial charge is 0.305 e. The minimum Gasteiger partial charge on any atom is -0.481 e. The van der Waals surface area contributed by atoms with Crippen LogP contribution in [-0.2, 0) is 19.0 Å². The molecule has 1 unspecified atom stereocenters. The van der Waals surface area contributed by atoms with Gasteiger partial charge in [-0.3, -0.25) is 4.79 Å². The zero-order valence-electron chi connectivity index (χ0n) is 13.2. The number of hydrogen-bond donors (Lipinski definition) is 2. The predicted molar refractivity (Wildman–Crippen MR) is 81.4 cm³/mol. The van der Waals surface area contributed by atoms with Gasteiger partial charge in [0.05, 0.1) is 46.1 Å². The first kappa shape index (κ1) is 20.3. The highest BCUT2D eigenvalue weighted by Crippen LogP contribution is 2.04. The van der Waals surface area contributed by atoms with Crippen molar-refractivity contribution in [3.8, 4) is 0 Å². The zero-order valence-corrected chi connectivity index (χ0v) is 13.2. The van der Waals surface area contributed by atoms with E-state index in [0.29, 0.717) is 33.0 Å². The molecule has 1 atom stereocenters. The molecule has 0 aromatic rings. The molecule has 0 aromatic heterocycles. The Bertz CT molecular complexity index is 238. The van der Waals surface area contributed by atoms with Gasteiger partial charge in [0.15, 0.2) is 0 Å². The predicted octanol–water partition coefficient (Wildman–Crippen LogP) is 1.81. The van der Waals surface area contributed by atoms with Crippen LogP contribution in [0.4, 0.5) is 0 Å². The van der Waals surface area contributed by atoms with Gasteiger partial charge in [-0.25, -0.2) is 0 Å². The molecule has 0 saturated carbocycles. The highest BCUT2D eigenvalue weighted by molar-refractivity contribution is 5.66. The van der Waals surface area contributed by atoms with Crippen LogP contribution in [-0.4, -0.2) is 56.8 Å². The Labute approximate surface area is 127 Å².